The zero-order valence-corrected chi connectivity index (χ0v) is 25.5. The molecule has 0 aliphatic heterocycles. The third-order valence-corrected chi connectivity index (χ3v) is 8.98. The lowest BCUT2D eigenvalue weighted by Gasteiger charge is -2.25. The highest BCUT2D eigenvalue weighted by molar-refractivity contribution is 7.13. The molecule has 3 heterocycles. The van der Waals surface area contributed by atoms with Crippen molar-refractivity contribution in [3.63, 3.8) is 0 Å². The normalized spacial score (nSPS) is 14.4. The molecule has 1 aliphatic carbocycles. The number of carboxylic acids is 1. The molecule has 1 amide bonds. The molecule has 3 aromatic heterocycles. The van der Waals surface area contributed by atoms with Gasteiger partial charge in [0, 0.05) is 31.1 Å². The Morgan fingerprint density at radius 3 is 2.59 bits per heavy atom. The standard InChI is InChI=1S/C33H35N5O5S/c1-37(2)33-36-28(20-44-33)26(16-21-8-11-25(12-9-21)43-19-30(39)40)35-32(41)22-10-13-29-27(17-22)34-31(23-14-15-42-18-23)38(29)24-6-4-3-5-7-24/h8-15,17-18,20,24,26H,3-7,16,19H2,1-2H3,(H,35,41)(H,39,40). The van der Waals surface area contributed by atoms with Gasteiger partial charge in [0.15, 0.2) is 11.7 Å². The Kier molecular flexibility index (Phi) is 8.65. The van der Waals surface area contributed by atoms with Gasteiger partial charge < -0.3 is 29.0 Å². The Morgan fingerprint density at radius 2 is 1.91 bits per heavy atom. The first-order chi connectivity index (χ1) is 21.4. The van der Waals surface area contributed by atoms with Gasteiger partial charge in [-0.15, -0.1) is 11.3 Å². The van der Waals surface area contributed by atoms with Crippen molar-refractivity contribution >= 4 is 39.4 Å². The molecule has 0 bridgehead atoms. The number of fused-ring (bicyclic) bond motifs is 1. The van der Waals surface area contributed by atoms with E-state index in [4.69, 9.17) is 24.2 Å². The average molecular weight is 614 g/mol. The number of thiazole rings is 1. The van der Waals surface area contributed by atoms with Gasteiger partial charge in [0.2, 0.25) is 0 Å². The van der Waals surface area contributed by atoms with Crippen LogP contribution in [-0.2, 0) is 11.2 Å². The van der Waals surface area contributed by atoms with Gasteiger partial charge in [-0.3, -0.25) is 4.79 Å². The van der Waals surface area contributed by atoms with E-state index in [1.165, 1.54) is 30.6 Å². The summed E-state index contributed by atoms with van der Waals surface area (Å²) in [5.74, 6) is 0.0881. The van der Waals surface area contributed by atoms with Gasteiger partial charge in [0.25, 0.3) is 5.91 Å². The summed E-state index contributed by atoms with van der Waals surface area (Å²) in [6.45, 7) is -0.406. The molecular formula is C33H35N5O5S. The predicted octanol–water partition coefficient (Wildman–Crippen LogP) is 6.50. The lowest BCUT2D eigenvalue weighted by molar-refractivity contribution is -0.139. The monoisotopic (exact) mass is 613 g/mol. The fourth-order valence-corrected chi connectivity index (χ4v) is 6.57. The second-order valence-electron chi connectivity index (χ2n) is 11.3. The Morgan fingerprint density at radius 1 is 1.11 bits per heavy atom. The van der Waals surface area contributed by atoms with Crippen LogP contribution in [0.4, 0.5) is 5.13 Å². The smallest absolute Gasteiger partial charge is 0.341 e. The molecule has 2 aromatic carbocycles. The van der Waals surface area contributed by atoms with Gasteiger partial charge in [0.1, 0.15) is 17.8 Å². The minimum Gasteiger partial charge on any atom is -0.482 e. The van der Waals surface area contributed by atoms with Gasteiger partial charge in [-0.2, -0.15) is 0 Å². The summed E-state index contributed by atoms with van der Waals surface area (Å²) in [5.41, 5.74) is 4.96. The molecule has 0 spiro atoms. The van der Waals surface area contributed by atoms with Crippen LogP contribution in [-0.4, -0.2) is 52.2 Å². The average Bonchev–Trinajstić information content (AvgIpc) is 3.80. The van der Waals surface area contributed by atoms with E-state index in [9.17, 15) is 9.59 Å². The second kappa shape index (κ2) is 12.9. The zero-order chi connectivity index (χ0) is 30.6. The maximum atomic E-state index is 13.8. The first-order valence-electron chi connectivity index (χ1n) is 14.8. The minimum absolute atomic E-state index is 0.213. The van der Waals surface area contributed by atoms with E-state index in [-0.39, 0.29) is 5.91 Å². The SMILES string of the molecule is CN(C)c1nc(C(Cc2ccc(OCC(=O)O)cc2)NC(=O)c2ccc3c(c2)nc(-c2ccoc2)n3C2CCCCC2)cs1. The third kappa shape index (κ3) is 6.47. The van der Waals surface area contributed by atoms with E-state index in [2.05, 4.69) is 9.88 Å². The Balaban J connectivity index is 1.28. The number of nitrogens with one attached hydrogen (secondary N) is 1. The summed E-state index contributed by atoms with van der Waals surface area (Å²) in [6, 6.07) is 14.9. The number of aromatic nitrogens is 3. The molecule has 44 heavy (non-hydrogen) atoms. The topological polar surface area (TPSA) is 123 Å². The predicted molar refractivity (Wildman–Crippen MR) is 169 cm³/mol. The van der Waals surface area contributed by atoms with Gasteiger partial charge in [0.05, 0.1) is 34.6 Å². The Bertz CT molecular complexity index is 1740. The van der Waals surface area contributed by atoms with Gasteiger partial charge in [-0.1, -0.05) is 31.4 Å². The summed E-state index contributed by atoms with van der Waals surface area (Å²) in [6.07, 6.45) is 9.74. The number of amides is 1. The highest BCUT2D eigenvalue weighted by Crippen LogP contribution is 2.36. The number of carbonyl (C=O) groups is 2. The van der Waals surface area contributed by atoms with Crippen molar-refractivity contribution in [3.05, 3.63) is 83.3 Å². The van der Waals surface area contributed by atoms with Crippen LogP contribution in [0.2, 0.25) is 0 Å². The highest BCUT2D eigenvalue weighted by atomic mass is 32.1. The van der Waals surface area contributed by atoms with Crippen molar-refractivity contribution < 1.29 is 23.8 Å². The maximum absolute atomic E-state index is 13.8. The third-order valence-electron chi connectivity index (χ3n) is 7.95. The molecule has 1 fully saturated rings. The molecule has 0 saturated heterocycles. The number of aliphatic carboxylic acids is 1. The molecule has 0 radical (unpaired) electrons. The lowest BCUT2D eigenvalue weighted by Crippen LogP contribution is -2.30. The molecule has 6 rings (SSSR count). The van der Waals surface area contributed by atoms with Crippen LogP contribution in [0.15, 0.2) is 70.9 Å². The van der Waals surface area contributed by atoms with E-state index in [0.29, 0.717) is 23.8 Å². The summed E-state index contributed by atoms with van der Waals surface area (Å²) >= 11 is 1.52. The van der Waals surface area contributed by atoms with E-state index >= 15 is 0 Å². The van der Waals surface area contributed by atoms with Gasteiger partial charge in [-0.05, 0) is 61.2 Å². The number of ether oxygens (including phenoxy) is 1. The number of carbonyl (C=O) groups excluding carboxylic acids is 1. The second-order valence-corrected chi connectivity index (χ2v) is 12.2. The van der Waals surface area contributed by atoms with Crippen molar-refractivity contribution in [2.45, 2.75) is 50.6 Å². The molecule has 11 heteroatoms. The largest absolute Gasteiger partial charge is 0.482 e. The molecule has 5 aromatic rings. The quantitative estimate of drug-likeness (QED) is 0.173. The maximum Gasteiger partial charge on any atom is 0.341 e. The van der Waals surface area contributed by atoms with Crippen molar-refractivity contribution in [1.82, 2.24) is 19.9 Å². The molecular weight excluding hydrogens is 578 g/mol. The number of rotatable bonds is 11. The molecule has 10 nitrogen and oxygen atoms in total. The number of anilines is 1. The molecule has 1 atom stereocenters. The Labute approximate surface area is 259 Å². The number of benzene rings is 2. The molecule has 228 valence electrons. The van der Waals surface area contributed by atoms with Crippen LogP contribution in [0.25, 0.3) is 22.4 Å². The van der Waals surface area contributed by atoms with Crippen molar-refractivity contribution in [1.29, 1.82) is 0 Å². The van der Waals surface area contributed by atoms with Gasteiger partial charge >= 0.3 is 5.97 Å². The van der Waals surface area contributed by atoms with Crippen LogP contribution in [0.3, 0.4) is 0 Å². The summed E-state index contributed by atoms with van der Waals surface area (Å²) in [4.78, 5) is 36.3. The van der Waals surface area contributed by atoms with Crippen LogP contribution in [0.1, 0.15) is 65.8 Å². The number of hydrogen-bond acceptors (Lipinski definition) is 8. The van der Waals surface area contributed by atoms with Gasteiger partial charge in [-0.25, -0.2) is 14.8 Å². The zero-order valence-electron chi connectivity index (χ0n) is 24.7. The minimum atomic E-state index is -1.03. The molecule has 1 unspecified atom stereocenters. The molecule has 1 saturated carbocycles. The van der Waals surface area contributed by atoms with E-state index in [0.717, 1.165) is 51.7 Å². The number of imidazole rings is 1. The van der Waals surface area contributed by atoms with E-state index in [1.54, 1.807) is 24.7 Å². The number of hydrogen-bond donors (Lipinski definition) is 2. The summed E-state index contributed by atoms with van der Waals surface area (Å²) < 4.78 is 13.0. The fourth-order valence-electron chi connectivity index (χ4n) is 5.76. The highest BCUT2D eigenvalue weighted by Gasteiger charge is 2.25. The molecule has 1 aliphatic rings. The number of nitrogens with zero attached hydrogens (tertiary/aromatic N) is 4. The van der Waals surface area contributed by atoms with E-state index in [1.807, 2.05) is 60.8 Å². The van der Waals surface area contributed by atoms with Crippen LogP contribution < -0.4 is 15.0 Å². The Hall–Kier alpha value is -4.64. The van der Waals surface area contributed by atoms with Crippen LogP contribution >= 0.6 is 11.3 Å². The number of furan rings is 1. The fraction of sp³-hybridized carbons (Fsp3) is 0.333. The lowest BCUT2D eigenvalue weighted by atomic mass is 9.95. The van der Waals surface area contributed by atoms with Crippen molar-refractivity contribution in [2.24, 2.45) is 0 Å². The summed E-state index contributed by atoms with van der Waals surface area (Å²) in [5, 5.41) is 14.9. The van der Waals surface area contributed by atoms with Crippen LogP contribution in [0, 0.1) is 0 Å². The van der Waals surface area contributed by atoms with Crippen molar-refractivity contribution in [2.75, 3.05) is 25.6 Å². The van der Waals surface area contributed by atoms with E-state index < -0.39 is 18.6 Å². The summed E-state index contributed by atoms with van der Waals surface area (Å²) in [7, 11) is 3.87. The van der Waals surface area contributed by atoms with Crippen molar-refractivity contribution in [3.8, 4) is 17.1 Å². The first-order valence-corrected chi connectivity index (χ1v) is 15.7. The molecule has 2 N–H and O–H groups in total. The first kappa shape index (κ1) is 29.4. The van der Waals surface area contributed by atoms with Crippen LogP contribution in [0.5, 0.6) is 5.75 Å². The number of carboxylic acid groups (broad SMARTS) is 1.